The number of alkyl halides is 3. The Hall–Kier alpha value is -2.56. The number of nitrogens with one attached hydrogen (secondary N) is 2. The van der Waals surface area contributed by atoms with Gasteiger partial charge in [0.2, 0.25) is 5.91 Å². The van der Waals surface area contributed by atoms with Crippen molar-refractivity contribution < 1.29 is 22.9 Å². The summed E-state index contributed by atoms with van der Waals surface area (Å²) in [6, 6.07) is 12.8. The Morgan fingerprint density at radius 3 is 2.48 bits per heavy atom. The molecular weight excluding hydrogens is 475 g/mol. The van der Waals surface area contributed by atoms with Crippen LogP contribution in [0.3, 0.4) is 0 Å². The quantitative estimate of drug-likeness (QED) is 0.455. The van der Waals surface area contributed by atoms with Gasteiger partial charge in [0.05, 0.1) is 31.1 Å². The van der Waals surface area contributed by atoms with Crippen LogP contribution in [0.2, 0.25) is 5.02 Å². The van der Waals surface area contributed by atoms with Crippen molar-refractivity contribution in [3.63, 3.8) is 0 Å². The first kappa shape index (κ1) is 25.1. The van der Waals surface area contributed by atoms with Gasteiger partial charge in [-0.2, -0.15) is 13.2 Å². The van der Waals surface area contributed by atoms with Crippen LogP contribution in [0, 0.1) is 0 Å². The maximum Gasteiger partial charge on any atom is 0.418 e. The van der Waals surface area contributed by atoms with Gasteiger partial charge in [0, 0.05) is 17.1 Å². The summed E-state index contributed by atoms with van der Waals surface area (Å²) in [6.07, 6.45) is -3.82. The third-order valence-electron chi connectivity index (χ3n) is 4.98. The van der Waals surface area contributed by atoms with E-state index in [0.29, 0.717) is 5.16 Å². The maximum absolute atomic E-state index is 13.3. The molecule has 3 aromatic rings. The molecule has 0 bridgehead atoms. The number of quaternary nitrogens is 1. The number of anilines is 1. The van der Waals surface area contributed by atoms with Crippen molar-refractivity contribution in [1.82, 2.24) is 14.8 Å². The Balaban J connectivity index is 1.84. The molecule has 0 fully saturated rings. The summed E-state index contributed by atoms with van der Waals surface area (Å²) in [5, 5.41) is 11.4. The van der Waals surface area contributed by atoms with Gasteiger partial charge in [0.15, 0.2) is 11.0 Å². The third kappa shape index (κ3) is 6.07. The topological polar surface area (TPSA) is 64.2 Å². The molecule has 0 saturated heterocycles. The number of hydrogen-bond acceptors (Lipinski definition) is 4. The predicted molar refractivity (Wildman–Crippen MR) is 123 cm³/mol. The summed E-state index contributed by atoms with van der Waals surface area (Å²) in [4.78, 5) is 13.7. The normalized spacial score (nSPS) is 12.7. The number of nitrogens with zero attached hydrogens (tertiary/aromatic N) is 3. The lowest BCUT2D eigenvalue weighted by Crippen LogP contribution is -3.06. The van der Waals surface area contributed by atoms with Crippen molar-refractivity contribution in [3.8, 4) is 5.69 Å². The Kier molecular flexibility index (Phi) is 8.04. The van der Waals surface area contributed by atoms with Crippen LogP contribution in [-0.2, 0) is 11.0 Å². The summed E-state index contributed by atoms with van der Waals surface area (Å²) < 4.78 is 41.8. The molecule has 0 aliphatic heterocycles. The number of carbonyl (C=O) groups is 1. The van der Waals surface area contributed by atoms with Crippen molar-refractivity contribution >= 4 is 35.0 Å². The van der Waals surface area contributed by atoms with E-state index in [1.165, 1.54) is 11.0 Å². The van der Waals surface area contributed by atoms with E-state index in [-0.39, 0.29) is 22.5 Å². The molecule has 0 spiro atoms. The SMILES string of the molecule is CC[C@H](c1nnc(SCC(=O)Nc2ccc(Cl)cc2C(F)(F)F)n1-c1ccccc1)[NH+](C)C. The minimum atomic E-state index is -4.65. The molecule has 0 saturated carbocycles. The second kappa shape index (κ2) is 10.6. The molecule has 1 atom stereocenters. The van der Waals surface area contributed by atoms with Gasteiger partial charge < -0.3 is 10.2 Å². The third-order valence-corrected chi connectivity index (χ3v) is 6.15. The minimum absolute atomic E-state index is 0.0632. The van der Waals surface area contributed by atoms with Gasteiger partial charge in [-0.25, -0.2) is 0 Å². The molecular formula is C22H24ClF3N5OS+. The number of para-hydroxylation sites is 1. The number of carbonyl (C=O) groups excluding carboxylic acids is 1. The number of rotatable bonds is 8. The lowest BCUT2D eigenvalue weighted by atomic mass is 10.1. The molecule has 2 aromatic carbocycles. The van der Waals surface area contributed by atoms with E-state index in [0.717, 1.165) is 41.8 Å². The van der Waals surface area contributed by atoms with E-state index >= 15 is 0 Å². The molecule has 3 rings (SSSR count). The van der Waals surface area contributed by atoms with Crippen molar-refractivity contribution in [3.05, 3.63) is 64.9 Å². The van der Waals surface area contributed by atoms with Gasteiger partial charge in [0.1, 0.15) is 6.04 Å². The highest BCUT2D eigenvalue weighted by atomic mass is 35.5. The molecule has 0 unspecified atom stereocenters. The number of thioether (sulfide) groups is 1. The van der Waals surface area contributed by atoms with Crippen LogP contribution in [0.4, 0.5) is 18.9 Å². The first-order valence-electron chi connectivity index (χ1n) is 10.2. The van der Waals surface area contributed by atoms with Crippen molar-refractivity contribution in [1.29, 1.82) is 0 Å². The number of benzene rings is 2. The van der Waals surface area contributed by atoms with Crippen LogP contribution in [-0.4, -0.2) is 40.5 Å². The highest BCUT2D eigenvalue weighted by Gasteiger charge is 2.34. The van der Waals surface area contributed by atoms with E-state index in [9.17, 15) is 18.0 Å². The molecule has 11 heteroatoms. The smallest absolute Gasteiger partial charge is 0.331 e. The number of amides is 1. The molecule has 0 aliphatic carbocycles. The van der Waals surface area contributed by atoms with Gasteiger partial charge in [-0.05, 0) is 30.3 Å². The molecule has 1 heterocycles. The number of hydrogen-bond donors (Lipinski definition) is 2. The van der Waals surface area contributed by atoms with E-state index in [2.05, 4.69) is 22.4 Å². The van der Waals surface area contributed by atoms with Crippen LogP contribution in [0.1, 0.15) is 30.8 Å². The average Bonchev–Trinajstić information content (AvgIpc) is 3.17. The highest BCUT2D eigenvalue weighted by molar-refractivity contribution is 7.99. The van der Waals surface area contributed by atoms with E-state index in [1.807, 2.05) is 49.0 Å². The molecule has 1 amide bonds. The molecule has 2 N–H and O–H groups in total. The summed E-state index contributed by atoms with van der Waals surface area (Å²) >= 11 is 6.81. The van der Waals surface area contributed by atoms with Crippen LogP contribution in [0.5, 0.6) is 0 Å². The molecule has 1 aromatic heterocycles. The standard InChI is InChI=1S/C22H23ClF3N5OS/c1-4-18(30(2)3)20-28-29-21(31(20)15-8-6-5-7-9-15)33-13-19(32)27-17-11-10-14(23)12-16(17)22(24,25)26/h5-12,18H,4,13H2,1-3H3,(H,27,32)/p+1/t18-/m1/s1. The van der Waals surface area contributed by atoms with Crippen molar-refractivity contribution in [2.75, 3.05) is 25.2 Å². The minimum Gasteiger partial charge on any atom is -0.331 e. The highest BCUT2D eigenvalue weighted by Crippen LogP contribution is 2.36. The lowest BCUT2D eigenvalue weighted by molar-refractivity contribution is -0.893. The lowest BCUT2D eigenvalue weighted by Gasteiger charge is -2.20. The summed E-state index contributed by atoms with van der Waals surface area (Å²) in [5.74, 6) is 0.0159. The van der Waals surface area contributed by atoms with Crippen LogP contribution >= 0.6 is 23.4 Å². The van der Waals surface area contributed by atoms with Crippen molar-refractivity contribution in [2.45, 2.75) is 30.7 Å². The van der Waals surface area contributed by atoms with E-state index in [4.69, 9.17) is 11.6 Å². The fraction of sp³-hybridized carbons (Fsp3) is 0.318. The van der Waals surface area contributed by atoms with E-state index in [1.54, 1.807) is 0 Å². The summed E-state index contributed by atoms with van der Waals surface area (Å²) in [5.41, 5.74) is -0.495. The summed E-state index contributed by atoms with van der Waals surface area (Å²) in [7, 11) is 4.06. The Morgan fingerprint density at radius 1 is 1.18 bits per heavy atom. The van der Waals surface area contributed by atoms with Crippen LogP contribution in [0.25, 0.3) is 5.69 Å². The van der Waals surface area contributed by atoms with Gasteiger partial charge in [-0.3, -0.25) is 9.36 Å². The van der Waals surface area contributed by atoms with Crippen LogP contribution < -0.4 is 10.2 Å². The maximum atomic E-state index is 13.3. The van der Waals surface area contributed by atoms with Crippen LogP contribution in [0.15, 0.2) is 53.7 Å². The first-order valence-corrected chi connectivity index (χ1v) is 11.6. The molecule has 176 valence electrons. The number of halogens is 4. The Labute approximate surface area is 199 Å². The molecule has 0 aliphatic rings. The Bertz CT molecular complexity index is 1110. The van der Waals surface area contributed by atoms with Gasteiger partial charge >= 0.3 is 6.18 Å². The zero-order valence-electron chi connectivity index (χ0n) is 18.3. The predicted octanol–water partition coefficient (Wildman–Crippen LogP) is 4.27. The second-order valence-electron chi connectivity index (χ2n) is 7.57. The summed E-state index contributed by atoms with van der Waals surface area (Å²) in [6.45, 7) is 2.06. The fourth-order valence-corrected chi connectivity index (χ4v) is 4.38. The van der Waals surface area contributed by atoms with Gasteiger partial charge in [-0.1, -0.05) is 48.5 Å². The Morgan fingerprint density at radius 2 is 1.88 bits per heavy atom. The first-order chi connectivity index (χ1) is 15.6. The average molecular weight is 499 g/mol. The largest absolute Gasteiger partial charge is 0.418 e. The molecule has 33 heavy (non-hydrogen) atoms. The van der Waals surface area contributed by atoms with Gasteiger partial charge in [0.25, 0.3) is 0 Å². The second-order valence-corrected chi connectivity index (χ2v) is 8.95. The molecule has 0 radical (unpaired) electrons. The van der Waals surface area contributed by atoms with Gasteiger partial charge in [-0.15, -0.1) is 10.2 Å². The van der Waals surface area contributed by atoms with Crippen molar-refractivity contribution in [2.24, 2.45) is 0 Å². The zero-order valence-corrected chi connectivity index (χ0v) is 19.9. The fourth-order valence-electron chi connectivity index (χ4n) is 3.45. The zero-order chi connectivity index (χ0) is 24.2. The van der Waals surface area contributed by atoms with E-state index < -0.39 is 17.6 Å². The molecule has 6 nitrogen and oxygen atoms in total. The number of aromatic nitrogens is 3. The monoisotopic (exact) mass is 498 g/mol.